The van der Waals surface area contributed by atoms with Crippen molar-refractivity contribution in [2.45, 2.75) is 49.6 Å². The summed E-state index contributed by atoms with van der Waals surface area (Å²) in [5.74, 6) is -0.0513. The number of aryl methyl sites for hydroxylation is 1. The summed E-state index contributed by atoms with van der Waals surface area (Å²) in [4.78, 5) is 12.4. The first kappa shape index (κ1) is 19.9. The summed E-state index contributed by atoms with van der Waals surface area (Å²) in [5.41, 5.74) is 1.92. The van der Waals surface area contributed by atoms with E-state index >= 15 is 0 Å². The van der Waals surface area contributed by atoms with Crippen molar-refractivity contribution in [2.75, 3.05) is 0 Å². The zero-order chi connectivity index (χ0) is 19.4. The number of hydrogen-bond acceptors (Lipinski definition) is 3. The Morgan fingerprint density at radius 3 is 2.33 bits per heavy atom. The summed E-state index contributed by atoms with van der Waals surface area (Å²) >= 11 is 5.88. The molecule has 3 rings (SSSR count). The average molecular weight is 407 g/mol. The van der Waals surface area contributed by atoms with Crippen LogP contribution in [-0.4, -0.2) is 20.4 Å². The van der Waals surface area contributed by atoms with Crippen LogP contribution < -0.4 is 10.0 Å². The summed E-state index contributed by atoms with van der Waals surface area (Å²) in [6.07, 6.45) is 2.70. The lowest BCUT2D eigenvalue weighted by molar-refractivity contribution is -0.121. The third-order valence-corrected chi connectivity index (χ3v) is 6.31. The van der Waals surface area contributed by atoms with Gasteiger partial charge in [-0.05, 0) is 61.6 Å². The number of carbonyl (C=O) groups is 1. The predicted molar refractivity (Wildman–Crippen MR) is 106 cm³/mol. The van der Waals surface area contributed by atoms with Gasteiger partial charge in [0.25, 0.3) is 0 Å². The van der Waals surface area contributed by atoms with Crippen molar-refractivity contribution >= 4 is 27.5 Å². The van der Waals surface area contributed by atoms with Crippen molar-refractivity contribution in [3.8, 4) is 0 Å². The largest absolute Gasteiger partial charge is 0.350 e. The molecular formula is C20H23ClN2O3S. The maximum Gasteiger partial charge on any atom is 0.240 e. The summed E-state index contributed by atoms with van der Waals surface area (Å²) in [7, 11) is -3.43. The van der Waals surface area contributed by atoms with Crippen LogP contribution in [0, 0.1) is 0 Å². The first-order valence-electron chi connectivity index (χ1n) is 8.99. The number of sulfonamides is 1. The van der Waals surface area contributed by atoms with Gasteiger partial charge in [0.15, 0.2) is 0 Å². The Morgan fingerprint density at radius 2 is 1.74 bits per heavy atom. The number of rotatable bonds is 8. The molecule has 0 saturated heterocycles. The molecule has 1 aliphatic carbocycles. The van der Waals surface area contributed by atoms with E-state index in [0.717, 1.165) is 24.0 Å². The van der Waals surface area contributed by atoms with Crippen molar-refractivity contribution < 1.29 is 13.2 Å². The van der Waals surface area contributed by atoms with E-state index in [9.17, 15) is 13.2 Å². The Hall–Kier alpha value is -1.89. The molecule has 0 radical (unpaired) electrons. The smallest absolute Gasteiger partial charge is 0.240 e. The van der Waals surface area contributed by atoms with Crippen molar-refractivity contribution in [3.63, 3.8) is 0 Å². The Kier molecular flexibility index (Phi) is 6.19. The van der Waals surface area contributed by atoms with Gasteiger partial charge < -0.3 is 5.32 Å². The summed E-state index contributed by atoms with van der Waals surface area (Å²) in [6.45, 7) is 1.92. The SMILES string of the molecule is C[C@H](NC(=O)CCc1ccc(S(=O)(=O)NC2CC2)cc1)c1ccc(Cl)cc1. The Bertz CT molecular complexity index is 892. The van der Waals surface area contributed by atoms with Crippen LogP contribution in [0.2, 0.25) is 5.02 Å². The van der Waals surface area contributed by atoms with Crippen LogP contribution in [0.3, 0.4) is 0 Å². The van der Waals surface area contributed by atoms with Crippen molar-refractivity contribution in [1.29, 1.82) is 0 Å². The van der Waals surface area contributed by atoms with Crippen LogP contribution >= 0.6 is 11.6 Å². The highest BCUT2D eigenvalue weighted by Crippen LogP contribution is 2.22. The fourth-order valence-electron chi connectivity index (χ4n) is 2.73. The normalized spacial score (nSPS) is 15.3. The van der Waals surface area contributed by atoms with Crippen LogP contribution in [0.25, 0.3) is 0 Å². The number of hydrogen-bond donors (Lipinski definition) is 2. The summed E-state index contributed by atoms with van der Waals surface area (Å²) in [6, 6.07) is 14.1. The van der Waals surface area contributed by atoms with E-state index < -0.39 is 10.0 Å². The third-order valence-electron chi connectivity index (χ3n) is 4.52. The van der Waals surface area contributed by atoms with Gasteiger partial charge in [-0.15, -0.1) is 0 Å². The maximum absolute atomic E-state index is 12.2. The second kappa shape index (κ2) is 8.42. The number of nitrogens with one attached hydrogen (secondary N) is 2. The first-order valence-corrected chi connectivity index (χ1v) is 10.9. The van der Waals surface area contributed by atoms with Crippen molar-refractivity contribution in [1.82, 2.24) is 10.0 Å². The molecular weight excluding hydrogens is 384 g/mol. The van der Waals surface area contributed by atoms with Gasteiger partial charge in [-0.1, -0.05) is 35.9 Å². The minimum Gasteiger partial charge on any atom is -0.350 e. The lowest BCUT2D eigenvalue weighted by Crippen LogP contribution is -2.26. The lowest BCUT2D eigenvalue weighted by Gasteiger charge is -2.14. The molecule has 1 amide bonds. The summed E-state index contributed by atoms with van der Waals surface area (Å²) in [5, 5.41) is 3.62. The van der Waals surface area contributed by atoms with Gasteiger partial charge in [0.1, 0.15) is 0 Å². The molecule has 144 valence electrons. The van der Waals surface area contributed by atoms with Crippen LogP contribution in [0.4, 0.5) is 0 Å². The molecule has 1 atom stereocenters. The van der Waals surface area contributed by atoms with Crippen molar-refractivity contribution in [3.05, 3.63) is 64.7 Å². The molecule has 0 heterocycles. The minimum atomic E-state index is -3.43. The fourth-order valence-corrected chi connectivity index (χ4v) is 4.16. The second-order valence-corrected chi connectivity index (χ2v) is 9.03. The number of amides is 1. The molecule has 27 heavy (non-hydrogen) atoms. The molecule has 1 saturated carbocycles. The van der Waals surface area contributed by atoms with E-state index in [2.05, 4.69) is 10.0 Å². The van der Waals surface area contributed by atoms with Gasteiger partial charge in [-0.25, -0.2) is 13.1 Å². The number of benzene rings is 2. The molecule has 0 spiro atoms. The van der Waals surface area contributed by atoms with E-state index in [0.29, 0.717) is 17.9 Å². The van der Waals surface area contributed by atoms with Crippen LogP contribution in [0.1, 0.15) is 43.4 Å². The third kappa shape index (κ3) is 5.79. The highest BCUT2D eigenvalue weighted by molar-refractivity contribution is 7.89. The van der Waals surface area contributed by atoms with Gasteiger partial charge in [0.05, 0.1) is 10.9 Å². The van der Waals surface area contributed by atoms with E-state index in [1.807, 2.05) is 19.1 Å². The van der Waals surface area contributed by atoms with Gasteiger partial charge in [-0.3, -0.25) is 4.79 Å². The maximum atomic E-state index is 12.2. The lowest BCUT2D eigenvalue weighted by atomic mass is 10.1. The van der Waals surface area contributed by atoms with E-state index in [-0.39, 0.29) is 22.9 Å². The van der Waals surface area contributed by atoms with Crippen LogP contribution in [0.15, 0.2) is 53.4 Å². The molecule has 0 aliphatic heterocycles. The van der Waals surface area contributed by atoms with E-state index in [1.165, 1.54) is 0 Å². The van der Waals surface area contributed by atoms with Crippen molar-refractivity contribution in [2.24, 2.45) is 0 Å². The molecule has 2 N–H and O–H groups in total. The van der Waals surface area contributed by atoms with Crippen LogP contribution in [0.5, 0.6) is 0 Å². The highest BCUT2D eigenvalue weighted by atomic mass is 35.5. The van der Waals surface area contributed by atoms with Gasteiger partial charge >= 0.3 is 0 Å². The molecule has 0 aromatic heterocycles. The van der Waals surface area contributed by atoms with Crippen LogP contribution in [-0.2, 0) is 21.2 Å². The molecule has 0 unspecified atom stereocenters. The zero-order valence-corrected chi connectivity index (χ0v) is 16.7. The topological polar surface area (TPSA) is 75.3 Å². The number of halogens is 1. The standard InChI is InChI=1S/C20H23ClN2O3S/c1-14(16-5-7-17(21)8-6-16)22-20(24)13-4-15-2-11-19(12-3-15)27(25,26)23-18-9-10-18/h2-3,5-8,11-12,14,18,23H,4,9-10,13H2,1H3,(H,22,24)/t14-/m0/s1. The second-order valence-electron chi connectivity index (χ2n) is 6.88. The minimum absolute atomic E-state index is 0.0513. The summed E-state index contributed by atoms with van der Waals surface area (Å²) < 4.78 is 27.0. The van der Waals surface area contributed by atoms with E-state index in [4.69, 9.17) is 11.6 Å². The van der Waals surface area contributed by atoms with Gasteiger partial charge in [-0.2, -0.15) is 0 Å². The van der Waals surface area contributed by atoms with Gasteiger partial charge in [0, 0.05) is 17.5 Å². The average Bonchev–Trinajstić information content (AvgIpc) is 3.44. The zero-order valence-electron chi connectivity index (χ0n) is 15.1. The van der Waals surface area contributed by atoms with Gasteiger partial charge in [0.2, 0.25) is 15.9 Å². The molecule has 1 fully saturated rings. The quantitative estimate of drug-likeness (QED) is 0.703. The highest BCUT2D eigenvalue weighted by Gasteiger charge is 2.27. The molecule has 2 aromatic carbocycles. The molecule has 2 aromatic rings. The Morgan fingerprint density at radius 1 is 1.11 bits per heavy atom. The Labute approximate surface area is 165 Å². The first-order chi connectivity index (χ1) is 12.8. The molecule has 1 aliphatic rings. The fraction of sp³-hybridized carbons (Fsp3) is 0.350. The molecule has 7 heteroatoms. The Balaban J connectivity index is 1.50. The number of carbonyl (C=O) groups excluding carboxylic acids is 1. The predicted octanol–water partition coefficient (Wildman–Crippen LogP) is 3.59. The monoisotopic (exact) mass is 406 g/mol. The molecule has 5 nitrogen and oxygen atoms in total. The van der Waals surface area contributed by atoms with E-state index in [1.54, 1.807) is 36.4 Å². The molecule has 0 bridgehead atoms.